The Morgan fingerprint density at radius 2 is 1.95 bits per heavy atom. The molecule has 6 heteroatoms. The summed E-state index contributed by atoms with van der Waals surface area (Å²) in [5, 5.41) is 0. The van der Waals surface area contributed by atoms with Crippen molar-refractivity contribution in [2.24, 2.45) is 0 Å². The average Bonchev–Trinajstić information content (AvgIpc) is 2.73. The van der Waals surface area contributed by atoms with Crippen molar-refractivity contribution < 1.29 is 22.6 Å². The number of fused-ring (bicyclic) bond motifs is 1. The first kappa shape index (κ1) is 14.7. The zero-order chi connectivity index (χ0) is 16.0. The third-order valence-corrected chi connectivity index (χ3v) is 3.33. The fraction of sp³-hybridized carbons (Fsp3) is 0.312. The Bertz CT molecular complexity index is 694. The van der Waals surface area contributed by atoms with Gasteiger partial charge in [0.1, 0.15) is 5.60 Å². The lowest BCUT2D eigenvalue weighted by molar-refractivity contribution is -0.137. The maximum absolute atomic E-state index is 12.5. The van der Waals surface area contributed by atoms with Crippen LogP contribution in [0, 0.1) is 0 Å². The van der Waals surface area contributed by atoms with E-state index in [9.17, 15) is 13.2 Å². The van der Waals surface area contributed by atoms with Gasteiger partial charge in [0, 0.05) is 24.2 Å². The predicted molar refractivity (Wildman–Crippen MR) is 74.2 cm³/mol. The zero-order valence-corrected chi connectivity index (χ0v) is 12.1. The molecule has 0 unspecified atom stereocenters. The molecule has 22 heavy (non-hydrogen) atoms. The standard InChI is InChI=1S/C16H14F3NO2/c1-15(2)8-10-4-3-5-12(14(10)22-15)21-13-7-6-11(9-20-13)16(17,18)19/h3-7,9H,8H2,1-2H3. The highest BCUT2D eigenvalue weighted by Gasteiger charge is 2.33. The van der Waals surface area contributed by atoms with Gasteiger partial charge in [0.15, 0.2) is 11.5 Å². The topological polar surface area (TPSA) is 31.4 Å². The van der Waals surface area contributed by atoms with E-state index >= 15 is 0 Å². The molecule has 0 saturated carbocycles. The molecule has 0 aliphatic carbocycles. The van der Waals surface area contributed by atoms with Crippen LogP contribution in [-0.2, 0) is 12.6 Å². The zero-order valence-electron chi connectivity index (χ0n) is 12.1. The van der Waals surface area contributed by atoms with Crippen LogP contribution in [0.4, 0.5) is 13.2 Å². The molecule has 0 saturated heterocycles. The van der Waals surface area contributed by atoms with Gasteiger partial charge in [-0.15, -0.1) is 0 Å². The molecule has 1 aromatic heterocycles. The fourth-order valence-corrected chi connectivity index (χ4v) is 2.39. The summed E-state index contributed by atoms with van der Waals surface area (Å²) in [4.78, 5) is 3.70. The van der Waals surface area contributed by atoms with Crippen LogP contribution < -0.4 is 9.47 Å². The molecule has 1 aliphatic rings. The largest absolute Gasteiger partial charge is 0.483 e. The van der Waals surface area contributed by atoms with Gasteiger partial charge in [-0.2, -0.15) is 13.2 Å². The fourth-order valence-electron chi connectivity index (χ4n) is 2.39. The first-order valence-corrected chi connectivity index (χ1v) is 6.77. The molecule has 2 aromatic rings. The summed E-state index contributed by atoms with van der Waals surface area (Å²) in [5.41, 5.74) is -0.125. The van der Waals surface area contributed by atoms with E-state index in [2.05, 4.69) is 4.98 Å². The Hall–Kier alpha value is -2.24. The van der Waals surface area contributed by atoms with Crippen molar-refractivity contribution in [3.63, 3.8) is 0 Å². The van der Waals surface area contributed by atoms with Gasteiger partial charge >= 0.3 is 6.18 Å². The number of benzene rings is 1. The number of nitrogens with zero attached hydrogens (tertiary/aromatic N) is 1. The van der Waals surface area contributed by atoms with E-state index in [0.29, 0.717) is 11.5 Å². The minimum absolute atomic E-state index is 0.0923. The lowest BCUT2D eigenvalue weighted by Crippen LogP contribution is -2.24. The van der Waals surface area contributed by atoms with Gasteiger partial charge in [0.25, 0.3) is 0 Å². The second-order valence-corrected chi connectivity index (χ2v) is 5.77. The van der Waals surface area contributed by atoms with Crippen molar-refractivity contribution in [1.29, 1.82) is 0 Å². The van der Waals surface area contributed by atoms with Crippen LogP contribution in [0.1, 0.15) is 25.0 Å². The van der Waals surface area contributed by atoms with Crippen molar-refractivity contribution >= 4 is 0 Å². The molecule has 3 rings (SSSR count). The van der Waals surface area contributed by atoms with Gasteiger partial charge in [-0.25, -0.2) is 4.98 Å². The Morgan fingerprint density at radius 1 is 1.18 bits per heavy atom. The van der Waals surface area contributed by atoms with Gasteiger partial charge in [0.2, 0.25) is 5.88 Å². The normalized spacial score (nSPS) is 16.0. The number of alkyl halides is 3. The number of para-hydroxylation sites is 1. The minimum Gasteiger partial charge on any atom is -0.483 e. The quantitative estimate of drug-likeness (QED) is 0.812. The summed E-state index contributed by atoms with van der Waals surface area (Å²) in [6.45, 7) is 3.93. The maximum Gasteiger partial charge on any atom is 0.417 e. The third-order valence-electron chi connectivity index (χ3n) is 3.33. The Labute approximate surface area is 125 Å². The molecule has 0 fully saturated rings. The van der Waals surface area contributed by atoms with E-state index in [1.165, 1.54) is 6.07 Å². The molecular formula is C16H14F3NO2. The molecule has 3 nitrogen and oxygen atoms in total. The summed E-state index contributed by atoms with van der Waals surface area (Å²) < 4.78 is 49.0. The minimum atomic E-state index is -4.41. The van der Waals surface area contributed by atoms with E-state index in [0.717, 1.165) is 24.2 Å². The third kappa shape index (κ3) is 2.86. The maximum atomic E-state index is 12.5. The van der Waals surface area contributed by atoms with E-state index < -0.39 is 11.7 Å². The van der Waals surface area contributed by atoms with Crippen LogP contribution in [-0.4, -0.2) is 10.6 Å². The molecule has 0 N–H and O–H groups in total. The van der Waals surface area contributed by atoms with Crippen LogP contribution in [0.2, 0.25) is 0 Å². The van der Waals surface area contributed by atoms with Crippen LogP contribution in [0.5, 0.6) is 17.4 Å². The molecule has 0 spiro atoms. The van der Waals surface area contributed by atoms with Crippen LogP contribution in [0.15, 0.2) is 36.5 Å². The summed E-state index contributed by atoms with van der Waals surface area (Å²) in [6, 6.07) is 7.61. The van der Waals surface area contributed by atoms with Gasteiger partial charge < -0.3 is 9.47 Å². The van der Waals surface area contributed by atoms with Crippen LogP contribution >= 0.6 is 0 Å². The second kappa shape index (κ2) is 4.90. The van der Waals surface area contributed by atoms with E-state index in [1.807, 2.05) is 26.0 Å². The lowest BCUT2D eigenvalue weighted by atomic mass is 10.0. The van der Waals surface area contributed by atoms with Crippen molar-refractivity contribution in [2.75, 3.05) is 0 Å². The molecule has 0 amide bonds. The number of hydrogen-bond donors (Lipinski definition) is 0. The van der Waals surface area contributed by atoms with Crippen molar-refractivity contribution in [3.05, 3.63) is 47.7 Å². The number of hydrogen-bond acceptors (Lipinski definition) is 3. The van der Waals surface area contributed by atoms with E-state index in [4.69, 9.17) is 9.47 Å². The van der Waals surface area contributed by atoms with Gasteiger partial charge in [-0.1, -0.05) is 12.1 Å². The Balaban J connectivity index is 1.85. The molecular weight excluding hydrogens is 295 g/mol. The molecule has 1 aliphatic heterocycles. The SMILES string of the molecule is CC1(C)Cc2cccc(Oc3ccc(C(F)(F)F)cn3)c2O1. The molecule has 2 heterocycles. The van der Waals surface area contributed by atoms with Gasteiger partial charge in [-0.05, 0) is 26.0 Å². The number of rotatable bonds is 2. The van der Waals surface area contributed by atoms with Gasteiger partial charge in [-0.3, -0.25) is 0 Å². The monoisotopic (exact) mass is 309 g/mol. The highest BCUT2D eigenvalue weighted by molar-refractivity contribution is 5.51. The van der Waals surface area contributed by atoms with Gasteiger partial charge in [0.05, 0.1) is 5.56 Å². The molecule has 0 atom stereocenters. The van der Waals surface area contributed by atoms with E-state index in [1.54, 1.807) is 6.07 Å². The molecule has 0 bridgehead atoms. The van der Waals surface area contributed by atoms with E-state index in [-0.39, 0.29) is 11.5 Å². The number of halogens is 3. The second-order valence-electron chi connectivity index (χ2n) is 5.77. The highest BCUT2D eigenvalue weighted by Crippen LogP contribution is 2.43. The summed E-state index contributed by atoms with van der Waals surface area (Å²) in [6.07, 6.45) is -2.91. The highest BCUT2D eigenvalue weighted by atomic mass is 19.4. The smallest absolute Gasteiger partial charge is 0.417 e. The first-order valence-electron chi connectivity index (χ1n) is 6.77. The van der Waals surface area contributed by atoms with Crippen molar-refractivity contribution in [1.82, 2.24) is 4.98 Å². The summed E-state index contributed by atoms with van der Waals surface area (Å²) >= 11 is 0. The predicted octanol–water partition coefficient (Wildman–Crippen LogP) is 4.61. The number of ether oxygens (including phenoxy) is 2. The summed E-state index contributed by atoms with van der Waals surface area (Å²) in [7, 11) is 0. The number of aromatic nitrogens is 1. The van der Waals surface area contributed by atoms with Crippen molar-refractivity contribution in [2.45, 2.75) is 32.0 Å². The first-order chi connectivity index (χ1) is 10.2. The summed E-state index contributed by atoms with van der Waals surface area (Å²) in [5.74, 6) is 1.17. The Morgan fingerprint density at radius 3 is 2.59 bits per heavy atom. The molecule has 116 valence electrons. The Kier molecular flexibility index (Phi) is 3.27. The molecule has 0 radical (unpaired) electrons. The average molecular weight is 309 g/mol. The lowest BCUT2D eigenvalue weighted by Gasteiger charge is -2.18. The van der Waals surface area contributed by atoms with Crippen LogP contribution in [0.3, 0.4) is 0 Å². The van der Waals surface area contributed by atoms with Crippen LogP contribution in [0.25, 0.3) is 0 Å². The molecule has 1 aromatic carbocycles. The number of pyridine rings is 1. The van der Waals surface area contributed by atoms with Crippen molar-refractivity contribution in [3.8, 4) is 17.4 Å².